The van der Waals surface area contributed by atoms with Crippen LogP contribution in [0.4, 0.5) is 18.0 Å². The summed E-state index contributed by atoms with van der Waals surface area (Å²) in [5, 5.41) is 11.5. The Hall–Kier alpha value is -2.92. The van der Waals surface area contributed by atoms with Gasteiger partial charge in [-0.3, -0.25) is 9.59 Å². The fraction of sp³-hybridized carbons (Fsp3) is 0.632. The molecule has 2 atom stereocenters. The van der Waals surface area contributed by atoms with Crippen LogP contribution < -0.4 is 5.32 Å². The molecule has 0 radical (unpaired) electrons. The van der Waals surface area contributed by atoms with Crippen LogP contribution in [0.25, 0.3) is 0 Å². The van der Waals surface area contributed by atoms with Gasteiger partial charge in [0, 0.05) is 37.5 Å². The average Bonchev–Trinajstić information content (AvgIpc) is 2.71. The molecule has 1 saturated heterocycles. The number of carbonyl (C=O) groups excluding carboxylic acids is 2. The van der Waals surface area contributed by atoms with Gasteiger partial charge in [0.15, 0.2) is 5.69 Å². The second-order valence-corrected chi connectivity index (χ2v) is 7.76. The van der Waals surface area contributed by atoms with Crippen LogP contribution >= 0.6 is 0 Å². The van der Waals surface area contributed by atoms with E-state index < -0.39 is 36.0 Å². The minimum Gasteiger partial charge on any atom is -0.465 e. The molecule has 1 aromatic rings. The van der Waals surface area contributed by atoms with E-state index in [1.165, 1.54) is 4.90 Å². The van der Waals surface area contributed by atoms with Crippen molar-refractivity contribution in [3.8, 4) is 0 Å². The molecular weight excluding hydrogens is 419 g/mol. The lowest BCUT2D eigenvalue weighted by Crippen LogP contribution is -2.55. The second-order valence-electron chi connectivity index (χ2n) is 7.76. The number of aromatic nitrogens is 2. The van der Waals surface area contributed by atoms with Gasteiger partial charge in [0.2, 0.25) is 11.8 Å². The van der Waals surface area contributed by atoms with E-state index in [-0.39, 0.29) is 43.1 Å². The summed E-state index contributed by atoms with van der Waals surface area (Å²) in [4.78, 5) is 46.5. The molecule has 1 fully saturated rings. The number of hydrogen-bond donors (Lipinski definition) is 2. The topological polar surface area (TPSA) is 116 Å². The maximum atomic E-state index is 13.2. The summed E-state index contributed by atoms with van der Waals surface area (Å²) in [7, 11) is 0. The van der Waals surface area contributed by atoms with Crippen molar-refractivity contribution in [2.45, 2.75) is 63.8 Å². The first-order valence-electron chi connectivity index (χ1n) is 10.0. The third-order valence-corrected chi connectivity index (χ3v) is 5.77. The molecule has 0 aliphatic carbocycles. The monoisotopic (exact) mass is 443 g/mol. The zero-order valence-corrected chi connectivity index (χ0v) is 17.0. The van der Waals surface area contributed by atoms with Crippen LogP contribution in [0.15, 0.2) is 6.33 Å². The highest BCUT2D eigenvalue weighted by molar-refractivity contribution is 5.79. The van der Waals surface area contributed by atoms with Crippen molar-refractivity contribution in [1.29, 1.82) is 0 Å². The summed E-state index contributed by atoms with van der Waals surface area (Å²) in [6.07, 6.45) is -3.41. The van der Waals surface area contributed by atoms with Gasteiger partial charge in [0.05, 0.1) is 18.3 Å². The van der Waals surface area contributed by atoms with Crippen molar-refractivity contribution < 1.29 is 32.7 Å². The van der Waals surface area contributed by atoms with Crippen molar-refractivity contribution in [3.63, 3.8) is 0 Å². The molecule has 2 unspecified atom stereocenters. The number of alkyl halides is 3. The lowest BCUT2D eigenvalue weighted by molar-refractivity contribution is -0.142. The Morgan fingerprint density at radius 3 is 2.61 bits per heavy atom. The van der Waals surface area contributed by atoms with Gasteiger partial charge in [-0.25, -0.2) is 14.8 Å². The normalized spacial score (nSPS) is 18.9. The molecule has 0 aromatic carbocycles. The highest BCUT2D eigenvalue weighted by Gasteiger charge is 2.39. The maximum absolute atomic E-state index is 13.2. The van der Waals surface area contributed by atoms with E-state index in [1.807, 2.05) is 0 Å². The summed E-state index contributed by atoms with van der Waals surface area (Å²) in [5.74, 6) is -0.514. The van der Waals surface area contributed by atoms with Crippen LogP contribution in [0.3, 0.4) is 0 Å². The molecule has 0 saturated carbocycles. The fourth-order valence-corrected chi connectivity index (χ4v) is 4.10. The SMILES string of the molecule is CC(C(CC(=O)N1CCc2c(ncnc2C(F)(F)F)C1)NC(=O)O)N1CCCCC1=O. The number of carboxylic acid groups (broad SMARTS) is 1. The van der Waals surface area contributed by atoms with Crippen molar-refractivity contribution in [1.82, 2.24) is 25.1 Å². The van der Waals surface area contributed by atoms with Gasteiger partial charge in [-0.05, 0) is 26.2 Å². The summed E-state index contributed by atoms with van der Waals surface area (Å²) in [5.41, 5.74) is -0.886. The number of piperidine rings is 1. The number of hydrogen-bond acceptors (Lipinski definition) is 5. The molecule has 3 amide bonds. The lowest BCUT2D eigenvalue weighted by Gasteiger charge is -2.38. The second kappa shape index (κ2) is 9.06. The van der Waals surface area contributed by atoms with Crippen LogP contribution in [0.5, 0.6) is 0 Å². The summed E-state index contributed by atoms with van der Waals surface area (Å²) < 4.78 is 39.5. The minimum absolute atomic E-state index is 0.0217. The third-order valence-electron chi connectivity index (χ3n) is 5.77. The highest BCUT2D eigenvalue weighted by Crippen LogP contribution is 2.33. The van der Waals surface area contributed by atoms with Gasteiger partial charge in [-0.15, -0.1) is 0 Å². The number of amides is 3. The zero-order chi connectivity index (χ0) is 22.8. The zero-order valence-electron chi connectivity index (χ0n) is 17.0. The van der Waals surface area contributed by atoms with Crippen LogP contribution in [-0.4, -0.2) is 68.0 Å². The standard InChI is InChI=1S/C19H24F3N5O4/c1-11(27-6-3-2-4-15(27)28)13(25-18(30)31)8-16(29)26-7-5-12-14(9-26)23-10-24-17(12)19(20,21)22/h10-11,13,25H,2-9H2,1H3,(H,30,31). The number of nitrogens with one attached hydrogen (secondary N) is 1. The quantitative estimate of drug-likeness (QED) is 0.717. The first kappa shape index (κ1) is 22.8. The Bertz CT molecular complexity index is 863. The molecule has 0 bridgehead atoms. The van der Waals surface area contributed by atoms with E-state index >= 15 is 0 Å². The number of carbonyl (C=O) groups is 3. The highest BCUT2D eigenvalue weighted by atomic mass is 19.4. The predicted molar refractivity (Wildman–Crippen MR) is 101 cm³/mol. The molecule has 0 spiro atoms. The van der Waals surface area contributed by atoms with Gasteiger partial charge in [0.25, 0.3) is 0 Å². The van der Waals surface area contributed by atoms with E-state index in [0.717, 1.165) is 19.2 Å². The first-order valence-corrected chi connectivity index (χ1v) is 10.0. The fourth-order valence-electron chi connectivity index (χ4n) is 4.10. The molecule has 9 nitrogen and oxygen atoms in total. The van der Waals surface area contributed by atoms with Crippen molar-refractivity contribution in [2.75, 3.05) is 13.1 Å². The van der Waals surface area contributed by atoms with Crippen LogP contribution in [-0.2, 0) is 28.7 Å². The molecule has 2 aliphatic rings. The van der Waals surface area contributed by atoms with Crippen LogP contribution in [0, 0.1) is 0 Å². The number of halogens is 3. The number of likely N-dealkylation sites (tertiary alicyclic amines) is 1. The predicted octanol–water partition coefficient (Wildman–Crippen LogP) is 1.81. The molecule has 12 heteroatoms. The van der Waals surface area contributed by atoms with Crippen molar-refractivity contribution >= 4 is 17.9 Å². The van der Waals surface area contributed by atoms with E-state index in [9.17, 15) is 32.7 Å². The summed E-state index contributed by atoms with van der Waals surface area (Å²) in [6.45, 7) is 2.10. The number of rotatable bonds is 5. The first-order chi connectivity index (χ1) is 14.6. The van der Waals surface area contributed by atoms with E-state index in [0.29, 0.717) is 13.0 Å². The van der Waals surface area contributed by atoms with Gasteiger partial charge in [-0.2, -0.15) is 13.2 Å². The molecule has 2 aliphatic heterocycles. The Kier molecular flexibility index (Phi) is 6.65. The molecule has 1 aromatic heterocycles. The number of fused-ring (bicyclic) bond motifs is 1. The van der Waals surface area contributed by atoms with Gasteiger partial charge >= 0.3 is 12.3 Å². The molecule has 31 heavy (non-hydrogen) atoms. The Morgan fingerprint density at radius 2 is 1.97 bits per heavy atom. The van der Waals surface area contributed by atoms with E-state index in [2.05, 4.69) is 15.3 Å². The summed E-state index contributed by atoms with van der Waals surface area (Å²) >= 11 is 0. The Labute approximate surface area is 176 Å². The van der Waals surface area contributed by atoms with Gasteiger partial charge in [0.1, 0.15) is 6.33 Å². The molecule has 170 valence electrons. The molecule has 3 rings (SSSR count). The van der Waals surface area contributed by atoms with Gasteiger partial charge in [-0.1, -0.05) is 0 Å². The third kappa shape index (κ3) is 5.23. The maximum Gasteiger partial charge on any atom is 0.433 e. The smallest absolute Gasteiger partial charge is 0.433 e. The van der Waals surface area contributed by atoms with Crippen molar-refractivity contribution in [3.05, 3.63) is 23.3 Å². The largest absolute Gasteiger partial charge is 0.465 e. The molecule has 2 N–H and O–H groups in total. The van der Waals surface area contributed by atoms with Crippen LogP contribution in [0.1, 0.15) is 49.6 Å². The lowest BCUT2D eigenvalue weighted by atomic mass is 9.98. The van der Waals surface area contributed by atoms with Crippen molar-refractivity contribution in [2.24, 2.45) is 0 Å². The van der Waals surface area contributed by atoms with Gasteiger partial charge < -0.3 is 20.2 Å². The Morgan fingerprint density at radius 1 is 1.23 bits per heavy atom. The Balaban J connectivity index is 1.72. The average molecular weight is 443 g/mol. The van der Waals surface area contributed by atoms with E-state index in [1.54, 1.807) is 11.8 Å². The molecular formula is C19H24F3N5O4. The minimum atomic E-state index is -4.61. The summed E-state index contributed by atoms with van der Waals surface area (Å²) in [6, 6.07) is -1.38. The molecule has 3 heterocycles. The van der Waals surface area contributed by atoms with E-state index in [4.69, 9.17) is 0 Å². The number of nitrogens with zero attached hydrogens (tertiary/aromatic N) is 4. The van der Waals surface area contributed by atoms with Crippen LogP contribution in [0.2, 0.25) is 0 Å².